The van der Waals surface area contributed by atoms with E-state index < -0.39 is 0 Å². The number of hydrogen-bond donors (Lipinski definition) is 1. The number of hydrogen-bond acceptors (Lipinski definition) is 1. The first kappa shape index (κ1) is 6.20. The maximum Gasteiger partial charge on any atom is 0.217 e. The van der Waals surface area contributed by atoms with E-state index in [-0.39, 0.29) is 11.4 Å². The molecule has 2 nitrogen and oxygen atoms in total. The molecule has 0 radical (unpaired) electrons. The molecule has 3 aliphatic carbocycles. The Labute approximate surface area is 61.0 Å². The lowest BCUT2D eigenvalue weighted by molar-refractivity contribution is -0.155. The first-order chi connectivity index (χ1) is 4.54. The van der Waals surface area contributed by atoms with Gasteiger partial charge in [0.2, 0.25) is 5.91 Å². The van der Waals surface area contributed by atoms with Crippen molar-refractivity contribution in [2.24, 2.45) is 5.41 Å². The highest BCUT2D eigenvalue weighted by atomic mass is 16.1. The molecule has 0 aromatic carbocycles. The van der Waals surface area contributed by atoms with Crippen LogP contribution in [-0.2, 0) is 4.79 Å². The van der Waals surface area contributed by atoms with E-state index in [0.29, 0.717) is 5.41 Å². The van der Waals surface area contributed by atoms with Crippen molar-refractivity contribution in [3.63, 3.8) is 0 Å². The van der Waals surface area contributed by atoms with E-state index in [1.54, 1.807) is 6.92 Å². The van der Waals surface area contributed by atoms with E-state index in [2.05, 4.69) is 12.2 Å². The summed E-state index contributed by atoms with van der Waals surface area (Å²) in [6, 6.07) is 0. The molecule has 56 valence electrons. The van der Waals surface area contributed by atoms with Gasteiger partial charge in [-0.3, -0.25) is 4.79 Å². The van der Waals surface area contributed by atoms with E-state index in [1.807, 2.05) is 0 Å². The zero-order valence-corrected chi connectivity index (χ0v) is 6.53. The summed E-state index contributed by atoms with van der Waals surface area (Å²) in [7, 11) is 0. The molecular formula is C8H13NO. The molecule has 3 rings (SSSR count). The van der Waals surface area contributed by atoms with Crippen LogP contribution in [0.2, 0.25) is 0 Å². The molecule has 0 aliphatic heterocycles. The van der Waals surface area contributed by atoms with Crippen LogP contribution in [0, 0.1) is 5.41 Å². The van der Waals surface area contributed by atoms with E-state index in [9.17, 15) is 4.79 Å². The summed E-state index contributed by atoms with van der Waals surface area (Å²) in [5.74, 6) is 0.127. The van der Waals surface area contributed by atoms with Crippen molar-refractivity contribution in [3.8, 4) is 0 Å². The number of nitrogens with one attached hydrogen (secondary N) is 1. The second-order valence-electron chi connectivity index (χ2n) is 4.30. The van der Waals surface area contributed by atoms with Gasteiger partial charge >= 0.3 is 0 Å². The summed E-state index contributed by atoms with van der Waals surface area (Å²) in [5.41, 5.74) is 0.850. The molecule has 2 heteroatoms. The van der Waals surface area contributed by atoms with E-state index in [0.717, 1.165) is 0 Å². The van der Waals surface area contributed by atoms with Crippen LogP contribution < -0.4 is 5.32 Å². The minimum atomic E-state index is 0.127. The third-order valence-corrected chi connectivity index (χ3v) is 2.74. The van der Waals surface area contributed by atoms with Crippen LogP contribution in [-0.4, -0.2) is 11.4 Å². The monoisotopic (exact) mass is 139 g/mol. The molecule has 0 unspecified atom stereocenters. The molecule has 0 aromatic heterocycles. The fourth-order valence-electron chi connectivity index (χ4n) is 2.80. The van der Waals surface area contributed by atoms with Gasteiger partial charge in [0.25, 0.3) is 0 Å². The fraction of sp³-hybridized carbons (Fsp3) is 0.875. The molecule has 0 saturated heterocycles. The Morgan fingerprint density at radius 2 is 1.90 bits per heavy atom. The lowest BCUT2D eigenvalue weighted by Gasteiger charge is -2.69. The van der Waals surface area contributed by atoms with Crippen molar-refractivity contribution in [2.45, 2.75) is 38.6 Å². The number of carbonyl (C=O) groups is 1. The van der Waals surface area contributed by atoms with Gasteiger partial charge in [-0.2, -0.15) is 0 Å². The van der Waals surface area contributed by atoms with E-state index in [4.69, 9.17) is 0 Å². The Balaban J connectivity index is 1.93. The molecular weight excluding hydrogens is 126 g/mol. The molecule has 1 N–H and O–H groups in total. The third-order valence-electron chi connectivity index (χ3n) is 2.74. The van der Waals surface area contributed by atoms with Crippen LogP contribution in [0.1, 0.15) is 33.1 Å². The van der Waals surface area contributed by atoms with Crippen LogP contribution in [0.3, 0.4) is 0 Å². The maximum absolute atomic E-state index is 10.7. The van der Waals surface area contributed by atoms with Gasteiger partial charge in [-0.05, 0) is 24.7 Å². The zero-order chi connectivity index (χ0) is 7.41. The van der Waals surface area contributed by atoms with Crippen LogP contribution in [0.25, 0.3) is 0 Å². The van der Waals surface area contributed by atoms with Gasteiger partial charge in [0.1, 0.15) is 0 Å². The summed E-state index contributed by atoms with van der Waals surface area (Å²) < 4.78 is 0. The smallest absolute Gasteiger partial charge is 0.217 e. The molecule has 0 spiro atoms. The Kier molecular flexibility index (Phi) is 0.859. The van der Waals surface area contributed by atoms with Gasteiger partial charge in [-0.15, -0.1) is 0 Å². The first-order valence-corrected chi connectivity index (χ1v) is 3.83. The average Bonchev–Trinajstić information content (AvgIpc) is 1.56. The Bertz CT molecular complexity index is 178. The van der Waals surface area contributed by atoms with Crippen molar-refractivity contribution >= 4 is 5.91 Å². The number of rotatable bonds is 1. The second-order valence-corrected chi connectivity index (χ2v) is 4.30. The van der Waals surface area contributed by atoms with E-state index >= 15 is 0 Å². The third kappa shape index (κ3) is 0.619. The van der Waals surface area contributed by atoms with Crippen LogP contribution in [0.4, 0.5) is 0 Å². The van der Waals surface area contributed by atoms with Gasteiger partial charge in [0, 0.05) is 12.5 Å². The molecule has 2 bridgehead atoms. The normalized spacial score (nSPS) is 49.0. The highest BCUT2D eigenvalue weighted by molar-refractivity contribution is 5.74. The fourth-order valence-corrected chi connectivity index (χ4v) is 2.80. The average molecular weight is 139 g/mol. The SMILES string of the molecule is CC(=O)NC12CC(C)(C1)C2. The standard InChI is InChI=1S/C8H13NO/c1-6(10)9-8-3-7(2,4-8)5-8/h3-5H2,1-2H3,(H,9,10). The van der Waals surface area contributed by atoms with Gasteiger partial charge in [0.05, 0.1) is 0 Å². The Hall–Kier alpha value is -0.530. The van der Waals surface area contributed by atoms with Crippen LogP contribution in [0.5, 0.6) is 0 Å². The van der Waals surface area contributed by atoms with Crippen molar-refractivity contribution in [1.29, 1.82) is 0 Å². The molecule has 0 heterocycles. The lowest BCUT2D eigenvalue weighted by atomic mass is 9.40. The zero-order valence-electron chi connectivity index (χ0n) is 6.53. The minimum absolute atomic E-state index is 0.127. The summed E-state index contributed by atoms with van der Waals surface area (Å²) in [5, 5.41) is 3.01. The van der Waals surface area contributed by atoms with Gasteiger partial charge in [0.15, 0.2) is 0 Å². The van der Waals surface area contributed by atoms with Crippen molar-refractivity contribution < 1.29 is 4.79 Å². The van der Waals surface area contributed by atoms with Crippen molar-refractivity contribution in [3.05, 3.63) is 0 Å². The van der Waals surface area contributed by atoms with Crippen molar-refractivity contribution in [2.75, 3.05) is 0 Å². The summed E-state index contributed by atoms with van der Waals surface area (Å²) in [6.07, 6.45) is 3.62. The predicted octanol–water partition coefficient (Wildman–Crippen LogP) is 1.07. The number of amides is 1. The predicted molar refractivity (Wildman–Crippen MR) is 38.5 cm³/mol. The molecule has 10 heavy (non-hydrogen) atoms. The van der Waals surface area contributed by atoms with Gasteiger partial charge in [-0.25, -0.2) is 0 Å². The first-order valence-electron chi connectivity index (χ1n) is 3.83. The second kappa shape index (κ2) is 1.39. The largest absolute Gasteiger partial charge is 0.351 e. The quantitative estimate of drug-likeness (QED) is 0.578. The summed E-state index contributed by atoms with van der Waals surface area (Å²) >= 11 is 0. The highest BCUT2D eigenvalue weighted by Gasteiger charge is 2.65. The molecule has 0 atom stereocenters. The maximum atomic E-state index is 10.7. The lowest BCUT2D eigenvalue weighted by Crippen LogP contribution is -2.73. The molecule has 1 amide bonds. The molecule has 0 aromatic rings. The summed E-state index contributed by atoms with van der Waals surface area (Å²) in [4.78, 5) is 10.7. The van der Waals surface area contributed by atoms with Crippen LogP contribution in [0.15, 0.2) is 0 Å². The summed E-state index contributed by atoms with van der Waals surface area (Å²) in [6.45, 7) is 3.89. The molecule has 3 aliphatic rings. The number of carbonyl (C=O) groups excluding carboxylic acids is 1. The van der Waals surface area contributed by atoms with Crippen LogP contribution >= 0.6 is 0 Å². The molecule has 3 saturated carbocycles. The van der Waals surface area contributed by atoms with Gasteiger partial charge < -0.3 is 5.32 Å². The minimum Gasteiger partial charge on any atom is -0.351 e. The van der Waals surface area contributed by atoms with Gasteiger partial charge in [-0.1, -0.05) is 6.92 Å². The topological polar surface area (TPSA) is 29.1 Å². The Morgan fingerprint density at radius 3 is 2.20 bits per heavy atom. The molecule has 3 fully saturated rings. The van der Waals surface area contributed by atoms with Crippen molar-refractivity contribution in [1.82, 2.24) is 5.32 Å². The Morgan fingerprint density at radius 1 is 1.40 bits per heavy atom. The highest BCUT2D eigenvalue weighted by Crippen LogP contribution is 2.66. The van der Waals surface area contributed by atoms with E-state index in [1.165, 1.54) is 19.3 Å².